The molecule has 6 heteroatoms. The molecular formula is C20H25NO5. The minimum atomic E-state index is -0.912. The second-order valence-corrected chi connectivity index (χ2v) is 7.16. The van der Waals surface area contributed by atoms with Crippen molar-refractivity contribution in [1.29, 1.82) is 0 Å². The highest BCUT2D eigenvalue weighted by atomic mass is 16.5. The van der Waals surface area contributed by atoms with Crippen LogP contribution in [0.25, 0.3) is 0 Å². The highest BCUT2D eigenvalue weighted by molar-refractivity contribution is 5.96. The van der Waals surface area contributed by atoms with E-state index in [1.165, 1.54) is 7.11 Å². The molecule has 1 unspecified atom stereocenters. The molecule has 2 bridgehead atoms. The highest BCUT2D eigenvalue weighted by Crippen LogP contribution is 2.40. The fraction of sp³-hybridized carbons (Fsp3) is 0.550. The first-order chi connectivity index (χ1) is 12.5. The summed E-state index contributed by atoms with van der Waals surface area (Å²) in [7, 11) is 1.52. The number of hydrogen-bond acceptors (Lipinski definition) is 5. The summed E-state index contributed by atoms with van der Waals surface area (Å²) in [5.41, 5.74) is 0.528. The average Bonchev–Trinajstić information content (AvgIpc) is 2.61. The zero-order valence-corrected chi connectivity index (χ0v) is 15.2. The first-order valence-corrected chi connectivity index (χ1v) is 9.17. The smallest absolute Gasteiger partial charge is 0.309 e. The summed E-state index contributed by atoms with van der Waals surface area (Å²) >= 11 is 0. The predicted molar refractivity (Wildman–Crippen MR) is 95.7 cm³/mol. The Bertz CT molecular complexity index is 685. The van der Waals surface area contributed by atoms with Crippen LogP contribution in [0.5, 0.6) is 5.75 Å². The summed E-state index contributed by atoms with van der Waals surface area (Å²) in [6.45, 7) is 1.55. The van der Waals surface area contributed by atoms with Crippen molar-refractivity contribution in [1.82, 2.24) is 0 Å². The summed E-state index contributed by atoms with van der Waals surface area (Å²) in [5, 5.41) is 2.72. The third kappa shape index (κ3) is 3.89. The van der Waals surface area contributed by atoms with Gasteiger partial charge in [-0.2, -0.15) is 0 Å². The van der Waals surface area contributed by atoms with Crippen molar-refractivity contribution >= 4 is 23.3 Å². The van der Waals surface area contributed by atoms with Crippen LogP contribution in [0.1, 0.15) is 39.0 Å². The Morgan fingerprint density at radius 2 is 1.81 bits per heavy atom. The highest BCUT2D eigenvalue weighted by Gasteiger charge is 2.42. The molecule has 0 saturated heterocycles. The maximum atomic E-state index is 12.5. The Morgan fingerprint density at radius 1 is 1.15 bits per heavy atom. The largest absolute Gasteiger partial charge is 0.495 e. The fourth-order valence-electron chi connectivity index (χ4n) is 3.98. The summed E-state index contributed by atoms with van der Waals surface area (Å²) in [6.07, 6.45) is 2.97. The van der Waals surface area contributed by atoms with Gasteiger partial charge < -0.3 is 14.8 Å². The van der Waals surface area contributed by atoms with Crippen LogP contribution >= 0.6 is 0 Å². The lowest BCUT2D eigenvalue weighted by atomic mass is 9.67. The molecule has 1 N–H and O–H groups in total. The zero-order chi connectivity index (χ0) is 18.7. The topological polar surface area (TPSA) is 81.7 Å². The number of ether oxygens (including phenoxy) is 2. The number of anilines is 1. The molecule has 26 heavy (non-hydrogen) atoms. The summed E-state index contributed by atoms with van der Waals surface area (Å²) < 4.78 is 10.6. The van der Waals surface area contributed by atoms with E-state index in [2.05, 4.69) is 5.32 Å². The number of Topliss-reactive ketones (excluding diaryl/α,β-unsaturated/α-hetero) is 1. The standard InChI is InChI=1S/C20H25NO5/c1-12(19(23)21-16-8-3-4-9-17(16)25-2)26-20(24)15-10-13-6-5-7-14(11-15)18(13)22/h3-4,8-9,12-15H,5-7,10-11H2,1-2H3,(H,21,23)/t12-,13-,14+,15?/m1/s1. The third-order valence-electron chi connectivity index (χ3n) is 5.41. The number of methoxy groups -OCH3 is 1. The molecule has 2 aliphatic rings. The van der Waals surface area contributed by atoms with E-state index in [1.807, 2.05) is 0 Å². The van der Waals surface area contributed by atoms with E-state index >= 15 is 0 Å². The number of nitrogens with one attached hydrogen (secondary N) is 1. The maximum Gasteiger partial charge on any atom is 0.309 e. The summed E-state index contributed by atoms with van der Waals surface area (Å²) in [6, 6.07) is 7.05. The van der Waals surface area contributed by atoms with Crippen LogP contribution < -0.4 is 10.1 Å². The van der Waals surface area contributed by atoms with Gasteiger partial charge in [0, 0.05) is 11.8 Å². The molecule has 0 radical (unpaired) electrons. The molecule has 140 valence electrons. The SMILES string of the molecule is COc1ccccc1NC(=O)[C@@H](C)OC(=O)C1C[C@H]2CCC[C@@H](C1)C2=O. The number of carbonyl (C=O) groups excluding carboxylic acids is 3. The van der Waals surface area contributed by atoms with E-state index in [9.17, 15) is 14.4 Å². The van der Waals surface area contributed by atoms with Crippen LogP contribution in [-0.2, 0) is 19.1 Å². The minimum absolute atomic E-state index is 0.0160. The number of benzene rings is 1. The van der Waals surface area contributed by atoms with Crippen molar-refractivity contribution in [2.75, 3.05) is 12.4 Å². The number of carbonyl (C=O) groups is 3. The lowest BCUT2D eigenvalue weighted by Gasteiger charge is -2.36. The molecule has 2 aliphatic carbocycles. The van der Waals surface area contributed by atoms with E-state index in [4.69, 9.17) is 9.47 Å². The van der Waals surface area contributed by atoms with Gasteiger partial charge in [0.15, 0.2) is 6.10 Å². The molecule has 4 atom stereocenters. The molecule has 0 spiro atoms. The van der Waals surface area contributed by atoms with Gasteiger partial charge in [-0.3, -0.25) is 14.4 Å². The molecule has 0 aromatic heterocycles. The van der Waals surface area contributed by atoms with E-state index in [0.717, 1.165) is 19.3 Å². The average molecular weight is 359 g/mol. The monoisotopic (exact) mass is 359 g/mol. The van der Waals surface area contributed by atoms with E-state index in [0.29, 0.717) is 30.1 Å². The zero-order valence-electron chi connectivity index (χ0n) is 15.2. The van der Waals surface area contributed by atoms with Crippen molar-refractivity contribution in [2.45, 2.75) is 45.1 Å². The number of para-hydroxylation sites is 2. The van der Waals surface area contributed by atoms with Crippen molar-refractivity contribution < 1.29 is 23.9 Å². The van der Waals surface area contributed by atoms with Crippen LogP contribution in [-0.4, -0.2) is 30.9 Å². The molecule has 2 fully saturated rings. The second kappa shape index (κ2) is 7.89. The van der Waals surface area contributed by atoms with Gasteiger partial charge >= 0.3 is 5.97 Å². The van der Waals surface area contributed by atoms with Crippen molar-refractivity contribution in [3.63, 3.8) is 0 Å². The number of rotatable bonds is 5. The van der Waals surface area contributed by atoms with Crippen LogP contribution in [0, 0.1) is 17.8 Å². The van der Waals surface area contributed by atoms with E-state index in [-0.39, 0.29) is 23.7 Å². The normalized spacial score (nSPS) is 25.9. The predicted octanol–water partition coefficient (Wildman–Crippen LogP) is 2.96. The van der Waals surface area contributed by atoms with Crippen LogP contribution in [0.2, 0.25) is 0 Å². The molecule has 3 rings (SSSR count). The lowest BCUT2D eigenvalue weighted by Crippen LogP contribution is -2.41. The Kier molecular flexibility index (Phi) is 5.59. The number of amides is 1. The lowest BCUT2D eigenvalue weighted by molar-refractivity contribution is -0.161. The van der Waals surface area contributed by atoms with Crippen molar-refractivity contribution in [2.24, 2.45) is 17.8 Å². The third-order valence-corrected chi connectivity index (χ3v) is 5.41. The first-order valence-electron chi connectivity index (χ1n) is 9.17. The maximum absolute atomic E-state index is 12.5. The molecule has 0 heterocycles. The molecule has 1 amide bonds. The second-order valence-electron chi connectivity index (χ2n) is 7.16. The van der Waals surface area contributed by atoms with Gasteiger partial charge in [0.25, 0.3) is 5.91 Å². The van der Waals surface area contributed by atoms with Gasteiger partial charge in [-0.15, -0.1) is 0 Å². The molecule has 1 aromatic rings. The van der Waals surface area contributed by atoms with Gasteiger partial charge in [0.05, 0.1) is 18.7 Å². The molecule has 6 nitrogen and oxygen atoms in total. The van der Waals surface area contributed by atoms with Crippen LogP contribution in [0.4, 0.5) is 5.69 Å². The Morgan fingerprint density at radius 3 is 2.46 bits per heavy atom. The summed E-state index contributed by atoms with van der Waals surface area (Å²) in [4.78, 5) is 37.0. The molecular weight excluding hydrogens is 334 g/mol. The van der Waals surface area contributed by atoms with Crippen LogP contribution in [0.3, 0.4) is 0 Å². The van der Waals surface area contributed by atoms with Crippen molar-refractivity contribution in [3.8, 4) is 5.75 Å². The van der Waals surface area contributed by atoms with Gasteiger partial charge in [-0.1, -0.05) is 18.6 Å². The van der Waals surface area contributed by atoms with Gasteiger partial charge in [0.1, 0.15) is 11.5 Å². The number of esters is 1. The Balaban J connectivity index is 1.57. The number of fused-ring (bicyclic) bond motifs is 2. The number of ketones is 1. The van der Waals surface area contributed by atoms with Crippen LogP contribution in [0.15, 0.2) is 24.3 Å². The van der Waals surface area contributed by atoms with Crippen molar-refractivity contribution in [3.05, 3.63) is 24.3 Å². The minimum Gasteiger partial charge on any atom is -0.495 e. The Labute approximate surface area is 153 Å². The first kappa shape index (κ1) is 18.4. The van der Waals surface area contributed by atoms with Gasteiger partial charge in [0.2, 0.25) is 0 Å². The fourth-order valence-corrected chi connectivity index (χ4v) is 3.98. The quantitative estimate of drug-likeness (QED) is 0.818. The molecule has 1 aromatic carbocycles. The molecule has 0 aliphatic heterocycles. The van der Waals surface area contributed by atoms with E-state index < -0.39 is 12.0 Å². The summed E-state index contributed by atoms with van der Waals surface area (Å²) in [5.74, 6) is -0.257. The number of hydrogen-bond donors (Lipinski definition) is 1. The van der Waals surface area contributed by atoms with Gasteiger partial charge in [-0.25, -0.2) is 0 Å². The Hall–Kier alpha value is -2.37. The van der Waals surface area contributed by atoms with Gasteiger partial charge in [-0.05, 0) is 44.7 Å². The molecule has 2 saturated carbocycles. The van der Waals surface area contributed by atoms with E-state index in [1.54, 1.807) is 31.2 Å².